The molecule has 0 N–H and O–H groups in total. The molecule has 0 bridgehead atoms. The van der Waals surface area contributed by atoms with Crippen LogP contribution < -0.4 is 5.06 Å². The zero-order valence-electron chi connectivity index (χ0n) is 15.2. The van der Waals surface area contributed by atoms with Crippen LogP contribution in [0.25, 0.3) is 0 Å². The Balaban J connectivity index is 1.72. The summed E-state index contributed by atoms with van der Waals surface area (Å²) in [5, 5.41) is 1.06. The molecular formula is C23H21NO3. The summed E-state index contributed by atoms with van der Waals surface area (Å²) < 4.78 is 0. The Kier molecular flexibility index (Phi) is 6.00. The summed E-state index contributed by atoms with van der Waals surface area (Å²) in [4.78, 5) is 30.7. The van der Waals surface area contributed by atoms with E-state index in [1.54, 1.807) is 48.5 Å². The van der Waals surface area contributed by atoms with E-state index in [0.717, 1.165) is 10.6 Å². The number of nitrogens with zero attached hydrogens (tertiary/aromatic N) is 1. The summed E-state index contributed by atoms with van der Waals surface area (Å²) >= 11 is 0. The van der Waals surface area contributed by atoms with Crippen molar-refractivity contribution in [2.24, 2.45) is 0 Å². The van der Waals surface area contributed by atoms with Gasteiger partial charge in [0.05, 0.1) is 12.1 Å². The van der Waals surface area contributed by atoms with Crippen molar-refractivity contribution in [2.75, 3.05) is 5.06 Å². The molecule has 0 radical (unpaired) electrons. The van der Waals surface area contributed by atoms with Crippen LogP contribution in [0.4, 0.5) is 5.69 Å². The van der Waals surface area contributed by atoms with Gasteiger partial charge in [-0.3, -0.25) is 4.79 Å². The molecule has 3 rings (SSSR count). The molecule has 0 fully saturated rings. The Bertz CT molecular complexity index is 890. The number of hydroxylamine groups is 1. The summed E-state index contributed by atoms with van der Waals surface area (Å²) in [7, 11) is 0. The Morgan fingerprint density at radius 2 is 1.41 bits per heavy atom. The van der Waals surface area contributed by atoms with E-state index in [4.69, 9.17) is 4.84 Å². The van der Waals surface area contributed by atoms with Crippen LogP contribution in [-0.2, 0) is 16.1 Å². The quantitative estimate of drug-likeness (QED) is 0.619. The van der Waals surface area contributed by atoms with Crippen LogP contribution in [0.2, 0.25) is 0 Å². The van der Waals surface area contributed by atoms with E-state index in [0.29, 0.717) is 17.7 Å². The third kappa shape index (κ3) is 5.05. The lowest BCUT2D eigenvalue weighted by molar-refractivity contribution is -0.144. The summed E-state index contributed by atoms with van der Waals surface area (Å²) in [6.07, 6.45) is 0.746. The van der Waals surface area contributed by atoms with Gasteiger partial charge in [0.15, 0.2) is 0 Å². The highest BCUT2D eigenvalue weighted by atomic mass is 16.7. The average molecular weight is 359 g/mol. The molecule has 0 saturated heterocycles. The third-order valence-electron chi connectivity index (χ3n) is 4.13. The van der Waals surface area contributed by atoms with E-state index in [9.17, 15) is 9.59 Å². The maximum absolute atomic E-state index is 12.8. The first-order valence-corrected chi connectivity index (χ1v) is 8.84. The first kappa shape index (κ1) is 18.4. The largest absolute Gasteiger partial charge is 0.333 e. The fourth-order valence-corrected chi connectivity index (χ4v) is 2.62. The number of anilines is 1. The van der Waals surface area contributed by atoms with Crippen LogP contribution in [0.1, 0.15) is 27.9 Å². The molecule has 0 heterocycles. The Morgan fingerprint density at radius 1 is 0.815 bits per heavy atom. The average Bonchev–Trinajstić information content (AvgIpc) is 2.72. The summed E-state index contributed by atoms with van der Waals surface area (Å²) in [5.74, 6) is -0.839. The SMILES string of the molecule is Cc1ccc(CCC(=O)ON(C(=O)c2ccccc2)c2ccccc2)cc1. The maximum atomic E-state index is 12.8. The smallest absolute Gasteiger partial charge is 0.333 e. The molecule has 0 saturated carbocycles. The summed E-state index contributed by atoms with van der Waals surface area (Å²) in [6, 6.07) is 25.7. The van der Waals surface area contributed by atoms with E-state index in [2.05, 4.69) is 0 Å². The minimum atomic E-state index is -0.455. The molecule has 0 aromatic heterocycles. The highest BCUT2D eigenvalue weighted by Crippen LogP contribution is 2.18. The van der Waals surface area contributed by atoms with Gasteiger partial charge in [0, 0.05) is 5.56 Å². The van der Waals surface area contributed by atoms with E-state index in [-0.39, 0.29) is 12.3 Å². The van der Waals surface area contributed by atoms with Crippen molar-refractivity contribution in [1.82, 2.24) is 0 Å². The van der Waals surface area contributed by atoms with E-state index in [1.807, 2.05) is 43.3 Å². The number of rotatable bonds is 5. The zero-order chi connectivity index (χ0) is 19.1. The molecule has 27 heavy (non-hydrogen) atoms. The van der Waals surface area contributed by atoms with Gasteiger partial charge >= 0.3 is 5.97 Å². The van der Waals surface area contributed by atoms with Crippen LogP contribution >= 0.6 is 0 Å². The van der Waals surface area contributed by atoms with Crippen LogP contribution in [0.5, 0.6) is 0 Å². The third-order valence-corrected chi connectivity index (χ3v) is 4.13. The van der Waals surface area contributed by atoms with Crippen molar-refractivity contribution in [1.29, 1.82) is 0 Å². The minimum Gasteiger partial charge on any atom is -0.333 e. The second-order valence-electron chi connectivity index (χ2n) is 6.25. The first-order valence-electron chi connectivity index (χ1n) is 8.84. The summed E-state index contributed by atoms with van der Waals surface area (Å²) in [6.45, 7) is 2.02. The van der Waals surface area contributed by atoms with Gasteiger partial charge in [-0.05, 0) is 43.2 Å². The van der Waals surface area contributed by atoms with Gasteiger partial charge in [0.25, 0.3) is 5.91 Å². The molecule has 0 aliphatic heterocycles. The van der Waals surface area contributed by atoms with Crippen LogP contribution in [-0.4, -0.2) is 11.9 Å². The lowest BCUT2D eigenvalue weighted by atomic mass is 10.1. The molecule has 0 aliphatic carbocycles. The van der Waals surface area contributed by atoms with Crippen molar-refractivity contribution >= 4 is 17.6 Å². The second-order valence-corrected chi connectivity index (χ2v) is 6.25. The molecule has 3 aromatic carbocycles. The second kappa shape index (κ2) is 8.81. The van der Waals surface area contributed by atoms with Gasteiger partial charge in [-0.25, -0.2) is 4.79 Å². The molecule has 0 atom stereocenters. The zero-order valence-corrected chi connectivity index (χ0v) is 15.2. The lowest BCUT2D eigenvalue weighted by Crippen LogP contribution is -2.33. The standard InChI is InChI=1S/C23H21NO3/c1-18-12-14-19(15-13-18)16-17-22(25)27-24(21-10-6-3-7-11-21)23(26)20-8-4-2-5-9-20/h2-15H,16-17H2,1H3. The maximum Gasteiger partial charge on any atom is 0.333 e. The van der Waals surface area contributed by atoms with E-state index < -0.39 is 5.97 Å². The molecule has 3 aromatic rings. The number of hydrogen-bond donors (Lipinski definition) is 0. The van der Waals surface area contributed by atoms with Gasteiger partial charge in [-0.2, -0.15) is 0 Å². The van der Waals surface area contributed by atoms with Gasteiger partial charge in [-0.15, -0.1) is 5.06 Å². The topological polar surface area (TPSA) is 46.6 Å². The molecule has 4 nitrogen and oxygen atoms in total. The minimum absolute atomic E-state index is 0.189. The van der Waals surface area contributed by atoms with E-state index in [1.165, 1.54) is 5.56 Å². The molecule has 136 valence electrons. The molecule has 0 spiro atoms. The number of benzene rings is 3. The highest BCUT2D eigenvalue weighted by molar-refractivity contribution is 6.05. The molecule has 0 aliphatic rings. The first-order chi connectivity index (χ1) is 13.1. The number of carbonyl (C=O) groups is 2. The fraction of sp³-hybridized carbons (Fsp3) is 0.130. The number of amides is 1. The van der Waals surface area contributed by atoms with Crippen LogP contribution in [0, 0.1) is 6.92 Å². The lowest BCUT2D eigenvalue weighted by Gasteiger charge is -2.21. The monoisotopic (exact) mass is 359 g/mol. The Hall–Kier alpha value is -3.40. The van der Waals surface area contributed by atoms with Crippen molar-refractivity contribution in [2.45, 2.75) is 19.8 Å². The predicted molar refractivity (Wildman–Crippen MR) is 105 cm³/mol. The normalized spacial score (nSPS) is 10.3. The van der Waals surface area contributed by atoms with Gasteiger partial charge in [-0.1, -0.05) is 66.2 Å². The molecule has 4 heteroatoms. The van der Waals surface area contributed by atoms with E-state index >= 15 is 0 Å². The fourth-order valence-electron chi connectivity index (χ4n) is 2.62. The number of para-hydroxylation sites is 1. The number of carbonyl (C=O) groups excluding carboxylic acids is 2. The van der Waals surface area contributed by atoms with Gasteiger partial charge < -0.3 is 4.84 Å². The molecule has 0 unspecified atom stereocenters. The summed E-state index contributed by atoms with van der Waals surface area (Å²) in [5.41, 5.74) is 3.19. The highest BCUT2D eigenvalue weighted by Gasteiger charge is 2.22. The van der Waals surface area contributed by atoms with Gasteiger partial charge in [0.2, 0.25) is 0 Å². The Labute approximate surface area is 159 Å². The molecule has 1 amide bonds. The predicted octanol–water partition coefficient (Wildman–Crippen LogP) is 4.73. The van der Waals surface area contributed by atoms with Crippen molar-refractivity contribution in [3.8, 4) is 0 Å². The van der Waals surface area contributed by atoms with Crippen LogP contribution in [0.15, 0.2) is 84.9 Å². The van der Waals surface area contributed by atoms with Gasteiger partial charge in [0.1, 0.15) is 0 Å². The van der Waals surface area contributed by atoms with Crippen LogP contribution in [0.3, 0.4) is 0 Å². The number of aryl methyl sites for hydroxylation is 2. The van der Waals surface area contributed by atoms with Crippen molar-refractivity contribution in [3.63, 3.8) is 0 Å². The Morgan fingerprint density at radius 3 is 2.04 bits per heavy atom. The van der Waals surface area contributed by atoms with Crippen molar-refractivity contribution in [3.05, 3.63) is 102 Å². The van der Waals surface area contributed by atoms with Crippen molar-refractivity contribution < 1.29 is 14.4 Å². The number of hydrogen-bond acceptors (Lipinski definition) is 3. The molecular weight excluding hydrogens is 338 g/mol.